The average molecular weight is 382 g/mol. The lowest BCUT2D eigenvalue weighted by Gasteiger charge is -2.01. The molecule has 2 aromatic carbocycles. The van der Waals surface area contributed by atoms with E-state index < -0.39 is 16.7 Å². The summed E-state index contributed by atoms with van der Waals surface area (Å²) in [6.07, 6.45) is 4.19. The molecule has 0 fully saturated rings. The minimum absolute atomic E-state index is 0.0776. The fraction of sp³-hybridized carbons (Fsp3) is 0.105. The number of hydrogen-bond acceptors (Lipinski definition) is 6. The normalized spacial score (nSPS) is 10.8. The monoisotopic (exact) mass is 382 g/mol. The Morgan fingerprint density at radius 3 is 2.61 bits per heavy atom. The molecule has 144 valence electrons. The summed E-state index contributed by atoms with van der Waals surface area (Å²) in [5, 5.41) is 16.8. The van der Waals surface area contributed by atoms with Gasteiger partial charge in [-0.05, 0) is 23.8 Å². The maximum atomic E-state index is 11.7. The number of ether oxygens (including phenoxy) is 1. The highest BCUT2D eigenvalue weighted by Crippen LogP contribution is 2.12. The van der Waals surface area contributed by atoms with Crippen LogP contribution >= 0.6 is 0 Å². The van der Waals surface area contributed by atoms with Gasteiger partial charge in [-0.3, -0.25) is 19.7 Å². The molecule has 0 radical (unpaired) electrons. The molecule has 0 atom stereocenters. The second-order valence-corrected chi connectivity index (χ2v) is 5.47. The van der Waals surface area contributed by atoms with E-state index in [1.165, 1.54) is 30.5 Å². The van der Waals surface area contributed by atoms with E-state index in [0.29, 0.717) is 11.3 Å². The first-order chi connectivity index (χ1) is 13.5. The number of hydrazone groups is 1. The van der Waals surface area contributed by atoms with Crippen LogP contribution in [0.4, 0.5) is 5.69 Å². The summed E-state index contributed by atoms with van der Waals surface area (Å²) in [5.41, 5.74) is 3.42. The zero-order valence-electron chi connectivity index (χ0n) is 15.0. The van der Waals surface area contributed by atoms with Crippen molar-refractivity contribution >= 4 is 29.8 Å². The standard InChI is InChI=1S/C19H18N4O5/c1-28-17-8-5-14(6-9-17)7-10-18(24)20-13-19(25)22-21-12-15-3-2-4-16(11-15)23(26)27/h2-12H,13H2,1H3,(H,20,24)(H,22,25). The molecule has 0 saturated carbocycles. The Bertz CT molecular complexity index is 907. The topological polar surface area (TPSA) is 123 Å². The van der Waals surface area contributed by atoms with Crippen molar-refractivity contribution in [3.05, 3.63) is 75.8 Å². The van der Waals surface area contributed by atoms with Crippen molar-refractivity contribution in [3.8, 4) is 5.75 Å². The van der Waals surface area contributed by atoms with Gasteiger partial charge in [0, 0.05) is 23.8 Å². The highest BCUT2D eigenvalue weighted by Gasteiger charge is 2.05. The number of non-ortho nitro benzene ring substituents is 1. The SMILES string of the molecule is COc1ccc(C=CC(=O)NCC(=O)NN=Cc2cccc([N+](=O)[O-])c2)cc1. The summed E-state index contributed by atoms with van der Waals surface area (Å²) >= 11 is 0. The van der Waals surface area contributed by atoms with E-state index in [1.54, 1.807) is 43.5 Å². The highest BCUT2D eigenvalue weighted by atomic mass is 16.6. The summed E-state index contributed by atoms with van der Waals surface area (Å²) in [6, 6.07) is 12.9. The van der Waals surface area contributed by atoms with E-state index >= 15 is 0 Å². The molecule has 0 unspecified atom stereocenters. The molecule has 0 bridgehead atoms. The van der Waals surface area contributed by atoms with Crippen molar-refractivity contribution < 1.29 is 19.2 Å². The first kappa shape index (κ1) is 20.3. The van der Waals surface area contributed by atoms with Crippen LogP contribution < -0.4 is 15.5 Å². The van der Waals surface area contributed by atoms with Crippen molar-refractivity contribution in [1.29, 1.82) is 0 Å². The minimum Gasteiger partial charge on any atom is -0.497 e. The van der Waals surface area contributed by atoms with Gasteiger partial charge in [-0.25, -0.2) is 5.43 Å². The number of methoxy groups -OCH3 is 1. The van der Waals surface area contributed by atoms with Gasteiger partial charge in [0.05, 0.1) is 24.8 Å². The maximum Gasteiger partial charge on any atom is 0.270 e. The number of amides is 2. The number of hydrogen-bond donors (Lipinski definition) is 2. The largest absolute Gasteiger partial charge is 0.497 e. The van der Waals surface area contributed by atoms with Crippen LogP contribution in [0, 0.1) is 10.1 Å². The van der Waals surface area contributed by atoms with Gasteiger partial charge in [-0.15, -0.1) is 0 Å². The van der Waals surface area contributed by atoms with E-state index in [4.69, 9.17) is 4.74 Å². The fourth-order valence-corrected chi connectivity index (χ4v) is 2.05. The van der Waals surface area contributed by atoms with Crippen LogP contribution in [0.15, 0.2) is 59.7 Å². The van der Waals surface area contributed by atoms with Gasteiger partial charge in [-0.1, -0.05) is 24.3 Å². The van der Waals surface area contributed by atoms with E-state index in [9.17, 15) is 19.7 Å². The third-order valence-electron chi connectivity index (χ3n) is 3.45. The van der Waals surface area contributed by atoms with Gasteiger partial charge in [0.25, 0.3) is 11.6 Å². The van der Waals surface area contributed by atoms with Crippen molar-refractivity contribution in [1.82, 2.24) is 10.7 Å². The van der Waals surface area contributed by atoms with E-state index in [2.05, 4.69) is 15.8 Å². The molecule has 28 heavy (non-hydrogen) atoms. The number of nitro benzene ring substituents is 1. The Morgan fingerprint density at radius 2 is 1.93 bits per heavy atom. The molecule has 0 aliphatic heterocycles. The number of carbonyl (C=O) groups excluding carboxylic acids is 2. The number of nitrogens with one attached hydrogen (secondary N) is 2. The zero-order valence-corrected chi connectivity index (χ0v) is 15.0. The van der Waals surface area contributed by atoms with Crippen LogP contribution in [0.1, 0.15) is 11.1 Å². The maximum absolute atomic E-state index is 11.7. The Morgan fingerprint density at radius 1 is 1.18 bits per heavy atom. The van der Waals surface area contributed by atoms with Crippen LogP contribution in [-0.2, 0) is 9.59 Å². The summed E-state index contributed by atoms with van der Waals surface area (Å²) < 4.78 is 5.05. The first-order valence-corrected chi connectivity index (χ1v) is 8.14. The smallest absolute Gasteiger partial charge is 0.270 e. The molecule has 0 heterocycles. The Kier molecular flexibility index (Phi) is 7.41. The Labute approximate surface area is 160 Å². The highest BCUT2D eigenvalue weighted by molar-refractivity contribution is 5.94. The van der Waals surface area contributed by atoms with Crippen molar-refractivity contribution in [2.45, 2.75) is 0 Å². The molecule has 9 nitrogen and oxygen atoms in total. The van der Waals surface area contributed by atoms with Gasteiger partial charge in [0.2, 0.25) is 5.91 Å². The molecular formula is C19H18N4O5. The van der Waals surface area contributed by atoms with E-state index in [0.717, 1.165) is 5.56 Å². The lowest BCUT2D eigenvalue weighted by molar-refractivity contribution is -0.384. The van der Waals surface area contributed by atoms with Crippen molar-refractivity contribution in [2.24, 2.45) is 5.10 Å². The lowest BCUT2D eigenvalue weighted by Crippen LogP contribution is -2.34. The molecule has 0 aliphatic carbocycles. The second-order valence-electron chi connectivity index (χ2n) is 5.47. The summed E-state index contributed by atoms with van der Waals surface area (Å²) in [4.78, 5) is 33.6. The zero-order chi connectivity index (χ0) is 20.4. The minimum atomic E-state index is -0.534. The summed E-state index contributed by atoms with van der Waals surface area (Å²) in [5.74, 6) is -0.259. The van der Waals surface area contributed by atoms with Gasteiger partial charge < -0.3 is 10.1 Å². The second kappa shape index (κ2) is 10.2. The first-order valence-electron chi connectivity index (χ1n) is 8.14. The number of nitro groups is 1. The third kappa shape index (κ3) is 6.71. The predicted octanol–water partition coefficient (Wildman–Crippen LogP) is 1.88. The van der Waals surface area contributed by atoms with E-state index in [-0.39, 0.29) is 12.2 Å². The predicted molar refractivity (Wildman–Crippen MR) is 104 cm³/mol. The molecule has 2 N–H and O–H groups in total. The summed E-state index contributed by atoms with van der Waals surface area (Å²) in [7, 11) is 1.57. The van der Waals surface area contributed by atoms with Gasteiger partial charge in [0.1, 0.15) is 5.75 Å². The molecule has 2 aromatic rings. The van der Waals surface area contributed by atoms with Crippen molar-refractivity contribution in [3.63, 3.8) is 0 Å². The quantitative estimate of drug-likeness (QED) is 0.312. The van der Waals surface area contributed by atoms with Gasteiger partial charge in [-0.2, -0.15) is 5.10 Å². The molecule has 0 aromatic heterocycles. The van der Waals surface area contributed by atoms with Crippen LogP contribution in [0.2, 0.25) is 0 Å². The molecule has 0 saturated heterocycles. The molecule has 0 aliphatic rings. The molecule has 9 heteroatoms. The number of carbonyl (C=O) groups is 2. The van der Waals surface area contributed by atoms with Crippen molar-refractivity contribution in [2.75, 3.05) is 13.7 Å². The number of rotatable bonds is 8. The van der Waals surface area contributed by atoms with Crippen LogP contribution in [0.5, 0.6) is 5.75 Å². The van der Waals surface area contributed by atoms with Crippen LogP contribution in [0.25, 0.3) is 6.08 Å². The van der Waals surface area contributed by atoms with Gasteiger partial charge in [0.15, 0.2) is 0 Å². The summed E-state index contributed by atoms with van der Waals surface area (Å²) in [6.45, 7) is -0.266. The third-order valence-corrected chi connectivity index (χ3v) is 3.45. The fourth-order valence-electron chi connectivity index (χ4n) is 2.05. The van der Waals surface area contributed by atoms with Crippen LogP contribution in [0.3, 0.4) is 0 Å². The molecule has 2 rings (SSSR count). The average Bonchev–Trinajstić information content (AvgIpc) is 2.71. The van der Waals surface area contributed by atoms with Gasteiger partial charge >= 0.3 is 0 Å². The molecular weight excluding hydrogens is 364 g/mol. The molecule has 0 spiro atoms. The number of nitrogens with zero attached hydrogens (tertiary/aromatic N) is 2. The van der Waals surface area contributed by atoms with Crippen LogP contribution in [-0.4, -0.2) is 36.6 Å². The lowest BCUT2D eigenvalue weighted by atomic mass is 10.2. The van der Waals surface area contributed by atoms with E-state index in [1.807, 2.05) is 0 Å². The number of benzene rings is 2. The molecule has 2 amide bonds. The Balaban J connectivity index is 1.76. The Hall–Kier alpha value is -4.01.